The molecule has 21 heavy (non-hydrogen) atoms. The van der Waals surface area contributed by atoms with Crippen molar-refractivity contribution in [3.05, 3.63) is 24.3 Å². The molecule has 0 aliphatic carbocycles. The highest BCUT2D eigenvalue weighted by molar-refractivity contribution is 5.96. The molecule has 0 saturated heterocycles. The maximum absolute atomic E-state index is 12.0. The summed E-state index contributed by atoms with van der Waals surface area (Å²) in [6, 6.07) is 7.54. The Labute approximate surface area is 125 Å². The van der Waals surface area contributed by atoms with Gasteiger partial charge in [0.2, 0.25) is 5.91 Å². The molecule has 0 fully saturated rings. The molecule has 0 spiro atoms. The Bertz CT molecular complexity index is 532. The van der Waals surface area contributed by atoms with Gasteiger partial charge in [-0.1, -0.05) is 19.1 Å². The molecule has 0 unspecified atom stereocenters. The van der Waals surface area contributed by atoms with Gasteiger partial charge in [0, 0.05) is 27.2 Å². The monoisotopic (exact) mass is 290 g/mol. The molecule has 2 rings (SSSR count). The van der Waals surface area contributed by atoms with Gasteiger partial charge < -0.3 is 15.1 Å². The molecule has 0 aromatic heterocycles. The molecule has 1 heterocycles. The highest BCUT2D eigenvalue weighted by Gasteiger charge is 2.23. The summed E-state index contributed by atoms with van der Waals surface area (Å²) >= 11 is 0. The topological polar surface area (TPSA) is 64.7 Å². The number of rotatable bonds is 2. The van der Waals surface area contributed by atoms with Crippen molar-refractivity contribution in [1.82, 2.24) is 10.6 Å². The molecule has 114 valence electrons. The summed E-state index contributed by atoms with van der Waals surface area (Å²) in [5.74, 6) is 0.121. The van der Waals surface area contributed by atoms with Gasteiger partial charge in [0.15, 0.2) is 0 Å². The second kappa shape index (κ2) is 6.47. The first-order valence-corrected chi connectivity index (χ1v) is 7.08. The summed E-state index contributed by atoms with van der Waals surface area (Å²) < 4.78 is 0. The molecule has 3 amide bonds. The van der Waals surface area contributed by atoms with Crippen LogP contribution in [-0.2, 0) is 4.79 Å². The van der Waals surface area contributed by atoms with Crippen LogP contribution in [0.1, 0.15) is 6.92 Å². The van der Waals surface area contributed by atoms with Crippen molar-refractivity contribution in [2.75, 3.05) is 43.5 Å². The van der Waals surface area contributed by atoms with E-state index in [1.165, 1.54) is 7.05 Å². The smallest absolute Gasteiger partial charge is 0.321 e. The fraction of sp³-hybridized carbons (Fsp3) is 0.467. The maximum atomic E-state index is 12.0. The number of benzene rings is 1. The number of para-hydroxylation sites is 2. The zero-order chi connectivity index (χ0) is 15.4. The second-order valence-electron chi connectivity index (χ2n) is 5.48. The summed E-state index contributed by atoms with van der Waals surface area (Å²) in [5, 5.41) is 4.69. The summed E-state index contributed by atoms with van der Waals surface area (Å²) in [6.45, 7) is 4.04. The number of urea groups is 1. The van der Waals surface area contributed by atoms with E-state index in [1.54, 1.807) is 0 Å². The van der Waals surface area contributed by atoms with E-state index >= 15 is 0 Å². The van der Waals surface area contributed by atoms with Crippen LogP contribution in [0.25, 0.3) is 0 Å². The number of fused-ring (bicyclic) bond motifs is 1. The number of nitrogens with one attached hydrogen (secondary N) is 2. The lowest BCUT2D eigenvalue weighted by Crippen LogP contribution is -2.44. The molecule has 1 aromatic rings. The van der Waals surface area contributed by atoms with Crippen molar-refractivity contribution >= 4 is 23.3 Å². The van der Waals surface area contributed by atoms with Gasteiger partial charge in [-0.3, -0.25) is 10.1 Å². The lowest BCUT2D eigenvalue weighted by Gasteiger charge is -2.25. The van der Waals surface area contributed by atoms with Gasteiger partial charge in [0.1, 0.15) is 0 Å². The molecule has 1 atom stereocenters. The van der Waals surface area contributed by atoms with Crippen molar-refractivity contribution in [3.63, 3.8) is 0 Å². The SMILES string of the molecule is CNC(=O)NC(=O)CN1C[C@H](C)CN(C)c2ccccc21. The Morgan fingerprint density at radius 1 is 1.24 bits per heavy atom. The molecule has 1 aliphatic rings. The first-order valence-electron chi connectivity index (χ1n) is 7.08. The fourth-order valence-electron chi connectivity index (χ4n) is 2.70. The van der Waals surface area contributed by atoms with Crippen LogP contribution in [0.5, 0.6) is 0 Å². The normalized spacial score (nSPS) is 17.8. The third-order valence-corrected chi connectivity index (χ3v) is 3.57. The molecular formula is C15H22N4O2. The van der Waals surface area contributed by atoms with Crippen LogP contribution in [0.15, 0.2) is 24.3 Å². The third-order valence-electron chi connectivity index (χ3n) is 3.57. The van der Waals surface area contributed by atoms with E-state index in [2.05, 4.69) is 35.6 Å². The molecular weight excluding hydrogens is 268 g/mol. The number of hydrogen-bond donors (Lipinski definition) is 2. The van der Waals surface area contributed by atoms with E-state index in [9.17, 15) is 9.59 Å². The Morgan fingerprint density at radius 3 is 2.57 bits per heavy atom. The first kappa shape index (κ1) is 15.2. The number of amides is 3. The molecule has 0 saturated carbocycles. The van der Waals surface area contributed by atoms with Crippen LogP contribution >= 0.6 is 0 Å². The van der Waals surface area contributed by atoms with Crippen LogP contribution in [0, 0.1) is 5.92 Å². The molecule has 0 bridgehead atoms. The minimum Gasteiger partial charge on any atom is -0.373 e. The van der Waals surface area contributed by atoms with Crippen LogP contribution in [0.4, 0.5) is 16.2 Å². The van der Waals surface area contributed by atoms with Gasteiger partial charge in [-0.15, -0.1) is 0 Å². The summed E-state index contributed by atoms with van der Waals surface area (Å²) in [6.07, 6.45) is 0. The molecule has 0 radical (unpaired) electrons. The van der Waals surface area contributed by atoms with Gasteiger partial charge in [-0.2, -0.15) is 0 Å². The summed E-state index contributed by atoms with van der Waals surface area (Å²) in [5.41, 5.74) is 2.13. The van der Waals surface area contributed by atoms with Gasteiger partial charge in [-0.05, 0) is 18.1 Å². The molecule has 6 nitrogen and oxygen atoms in total. The largest absolute Gasteiger partial charge is 0.373 e. The van der Waals surface area contributed by atoms with E-state index in [1.807, 2.05) is 23.1 Å². The van der Waals surface area contributed by atoms with Crippen molar-refractivity contribution in [1.29, 1.82) is 0 Å². The third kappa shape index (κ3) is 3.65. The molecule has 1 aliphatic heterocycles. The van der Waals surface area contributed by atoms with Crippen molar-refractivity contribution in [2.24, 2.45) is 5.92 Å². The number of imide groups is 1. The number of carbonyl (C=O) groups is 2. The Kier molecular flexibility index (Phi) is 4.67. The highest BCUT2D eigenvalue weighted by atomic mass is 16.2. The number of nitrogens with zero attached hydrogens (tertiary/aromatic N) is 2. The second-order valence-corrected chi connectivity index (χ2v) is 5.48. The number of carbonyl (C=O) groups excluding carboxylic acids is 2. The number of hydrogen-bond acceptors (Lipinski definition) is 4. The van der Waals surface area contributed by atoms with Gasteiger partial charge in [0.25, 0.3) is 0 Å². The first-order chi connectivity index (χ1) is 10.0. The van der Waals surface area contributed by atoms with Crippen molar-refractivity contribution in [3.8, 4) is 0 Å². The predicted molar refractivity (Wildman–Crippen MR) is 83.7 cm³/mol. The minimum atomic E-state index is -0.478. The molecule has 2 N–H and O–H groups in total. The van der Waals surface area contributed by atoms with Gasteiger partial charge >= 0.3 is 6.03 Å². The van der Waals surface area contributed by atoms with Crippen LogP contribution in [-0.4, -0.2) is 45.7 Å². The average molecular weight is 290 g/mol. The lowest BCUT2D eigenvalue weighted by atomic mass is 10.1. The summed E-state index contributed by atoms with van der Waals surface area (Å²) in [4.78, 5) is 27.4. The van der Waals surface area contributed by atoms with Crippen LogP contribution in [0.2, 0.25) is 0 Å². The zero-order valence-corrected chi connectivity index (χ0v) is 12.7. The minimum absolute atomic E-state index is 0.169. The summed E-state index contributed by atoms with van der Waals surface area (Å²) in [7, 11) is 3.55. The molecule has 1 aromatic carbocycles. The average Bonchev–Trinajstić information content (AvgIpc) is 2.56. The Balaban J connectivity index is 2.19. The predicted octanol–water partition coefficient (Wildman–Crippen LogP) is 1.03. The van der Waals surface area contributed by atoms with E-state index in [4.69, 9.17) is 0 Å². The quantitative estimate of drug-likeness (QED) is 0.854. The van der Waals surface area contributed by atoms with Gasteiger partial charge in [0.05, 0.1) is 17.9 Å². The number of anilines is 2. The Morgan fingerprint density at radius 2 is 1.90 bits per heavy atom. The highest BCUT2D eigenvalue weighted by Crippen LogP contribution is 2.32. The van der Waals surface area contributed by atoms with Crippen LogP contribution < -0.4 is 20.4 Å². The maximum Gasteiger partial charge on any atom is 0.321 e. The van der Waals surface area contributed by atoms with E-state index in [0.29, 0.717) is 5.92 Å². The zero-order valence-electron chi connectivity index (χ0n) is 12.7. The van der Waals surface area contributed by atoms with E-state index in [-0.39, 0.29) is 12.5 Å². The standard InChI is InChI=1S/C15H22N4O2/c1-11-8-18(3)12-6-4-5-7-13(12)19(9-11)10-14(20)17-15(21)16-2/h4-7,11H,8-10H2,1-3H3,(H2,16,17,20,21)/t11-/m1/s1. The Hall–Kier alpha value is -2.24. The van der Waals surface area contributed by atoms with E-state index in [0.717, 1.165) is 24.5 Å². The lowest BCUT2D eigenvalue weighted by molar-refractivity contribution is -0.118. The fourth-order valence-corrected chi connectivity index (χ4v) is 2.70. The van der Waals surface area contributed by atoms with Crippen LogP contribution in [0.3, 0.4) is 0 Å². The van der Waals surface area contributed by atoms with Gasteiger partial charge in [-0.25, -0.2) is 4.79 Å². The molecule has 6 heteroatoms. The van der Waals surface area contributed by atoms with Crippen molar-refractivity contribution in [2.45, 2.75) is 6.92 Å². The van der Waals surface area contributed by atoms with Crippen molar-refractivity contribution < 1.29 is 9.59 Å². The van der Waals surface area contributed by atoms with E-state index < -0.39 is 6.03 Å².